The molecule has 2 N–H and O–H groups in total. The number of amides is 1. The Morgan fingerprint density at radius 1 is 1.26 bits per heavy atom. The second kappa shape index (κ2) is 6.66. The number of nitrogens with one attached hydrogen (secondary N) is 2. The van der Waals surface area contributed by atoms with Crippen molar-refractivity contribution in [1.29, 1.82) is 0 Å². The van der Waals surface area contributed by atoms with Crippen molar-refractivity contribution in [2.45, 2.75) is 6.04 Å². The fourth-order valence-electron chi connectivity index (χ4n) is 2.50. The van der Waals surface area contributed by atoms with Gasteiger partial charge in [0.05, 0.1) is 0 Å². The first-order chi connectivity index (χ1) is 11.1. The largest absolute Gasteiger partial charge is 0.492 e. The van der Waals surface area contributed by atoms with Crippen LogP contribution in [0.5, 0.6) is 5.75 Å². The van der Waals surface area contributed by atoms with Crippen LogP contribution in [0.25, 0.3) is 0 Å². The van der Waals surface area contributed by atoms with Crippen LogP contribution in [0.2, 0.25) is 0 Å². The number of hydrogen-bond donors (Lipinski definition) is 2. The molecule has 1 aromatic carbocycles. The maximum Gasteiger partial charge on any atom is 0.247 e. The van der Waals surface area contributed by atoms with E-state index >= 15 is 0 Å². The number of anilines is 2. The Morgan fingerprint density at radius 2 is 2.09 bits per heavy atom. The van der Waals surface area contributed by atoms with Crippen LogP contribution in [-0.4, -0.2) is 38.1 Å². The van der Waals surface area contributed by atoms with Crippen molar-refractivity contribution >= 4 is 17.5 Å². The van der Waals surface area contributed by atoms with Crippen molar-refractivity contribution in [2.75, 3.05) is 37.5 Å². The second-order valence-electron chi connectivity index (χ2n) is 5.54. The summed E-state index contributed by atoms with van der Waals surface area (Å²) in [5.41, 5.74) is 0.839. The Balaban J connectivity index is 1.82. The van der Waals surface area contributed by atoms with Gasteiger partial charge in [-0.1, -0.05) is 24.3 Å². The number of carbonyl (C=O) groups is 1. The SMILES string of the molecule is CN(C)c1cccc(NC(=O)C2NCCOc3ccccc32)n1. The molecule has 0 spiro atoms. The summed E-state index contributed by atoms with van der Waals surface area (Å²) in [6, 6.07) is 12.7. The molecule has 0 bridgehead atoms. The maximum absolute atomic E-state index is 12.7. The molecule has 0 radical (unpaired) electrons. The first kappa shape index (κ1) is 15.3. The molecule has 1 aliphatic heterocycles. The highest BCUT2D eigenvalue weighted by Gasteiger charge is 2.25. The second-order valence-corrected chi connectivity index (χ2v) is 5.54. The third-order valence-corrected chi connectivity index (χ3v) is 3.64. The molecule has 0 saturated carbocycles. The number of para-hydroxylation sites is 1. The molecule has 0 fully saturated rings. The van der Waals surface area contributed by atoms with Crippen LogP contribution in [0.4, 0.5) is 11.6 Å². The lowest BCUT2D eigenvalue weighted by atomic mass is 10.1. The maximum atomic E-state index is 12.7. The van der Waals surface area contributed by atoms with Crippen LogP contribution >= 0.6 is 0 Å². The lowest BCUT2D eigenvalue weighted by molar-refractivity contribution is -0.118. The summed E-state index contributed by atoms with van der Waals surface area (Å²) in [4.78, 5) is 19.0. The van der Waals surface area contributed by atoms with Gasteiger partial charge in [-0.15, -0.1) is 0 Å². The number of ether oxygens (including phenoxy) is 1. The highest BCUT2D eigenvalue weighted by molar-refractivity contribution is 5.95. The van der Waals surface area contributed by atoms with Crippen LogP contribution in [0.1, 0.15) is 11.6 Å². The summed E-state index contributed by atoms with van der Waals surface area (Å²) >= 11 is 0. The molecule has 1 amide bonds. The summed E-state index contributed by atoms with van der Waals surface area (Å²) in [6.07, 6.45) is 0. The molecule has 2 heterocycles. The van der Waals surface area contributed by atoms with E-state index in [0.29, 0.717) is 19.0 Å². The first-order valence-electron chi connectivity index (χ1n) is 7.55. The van der Waals surface area contributed by atoms with E-state index < -0.39 is 6.04 Å². The highest BCUT2D eigenvalue weighted by Crippen LogP contribution is 2.27. The average molecular weight is 312 g/mol. The van der Waals surface area contributed by atoms with Crippen LogP contribution in [0.3, 0.4) is 0 Å². The molecule has 120 valence electrons. The summed E-state index contributed by atoms with van der Waals surface area (Å²) in [7, 11) is 3.82. The predicted molar refractivity (Wildman–Crippen MR) is 89.9 cm³/mol. The third-order valence-electron chi connectivity index (χ3n) is 3.64. The predicted octanol–water partition coefficient (Wildman–Crippen LogP) is 1.81. The quantitative estimate of drug-likeness (QED) is 0.905. The molecular weight excluding hydrogens is 292 g/mol. The number of benzene rings is 1. The van der Waals surface area contributed by atoms with Crippen molar-refractivity contribution in [1.82, 2.24) is 10.3 Å². The Bertz CT molecular complexity index is 702. The summed E-state index contributed by atoms with van der Waals surface area (Å²) in [6.45, 7) is 1.15. The van der Waals surface area contributed by atoms with Gasteiger partial charge in [-0.25, -0.2) is 4.98 Å². The van der Waals surface area contributed by atoms with E-state index in [4.69, 9.17) is 4.74 Å². The lowest BCUT2D eigenvalue weighted by Crippen LogP contribution is -2.33. The van der Waals surface area contributed by atoms with Crippen molar-refractivity contribution in [3.63, 3.8) is 0 Å². The van der Waals surface area contributed by atoms with Crippen LogP contribution in [0, 0.1) is 0 Å². The molecule has 6 heteroatoms. The fraction of sp³-hybridized carbons (Fsp3) is 0.294. The molecule has 23 heavy (non-hydrogen) atoms. The van der Waals surface area contributed by atoms with E-state index in [1.807, 2.05) is 55.4 Å². The van der Waals surface area contributed by atoms with Gasteiger partial charge in [-0.3, -0.25) is 10.1 Å². The first-order valence-corrected chi connectivity index (χ1v) is 7.55. The minimum atomic E-state index is -0.460. The number of nitrogens with zero attached hydrogens (tertiary/aromatic N) is 2. The lowest BCUT2D eigenvalue weighted by Gasteiger charge is -2.18. The monoisotopic (exact) mass is 312 g/mol. The zero-order valence-corrected chi connectivity index (χ0v) is 13.2. The van der Waals surface area contributed by atoms with Gasteiger partial charge in [0.1, 0.15) is 30.0 Å². The minimum absolute atomic E-state index is 0.147. The number of aromatic nitrogens is 1. The Morgan fingerprint density at radius 3 is 2.91 bits per heavy atom. The van der Waals surface area contributed by atoms with Crippen molar-refractivity contribution < 1.29 is 9.53 Å². The summed E-state index contributed by atoms with van der Waals surface area (Å²) < 4.78 is 5.66. The van der Waals surface area contributed by atoms with Gasteiger partial charge < -0.3 is 15.0 Å². The summed E-state index contributed by atoms with van der Waals surface area (Å²) in [5.74, 6) is 1.92. The number of rotatable bonds is 3. The van der Waals surface area contributed by atoms with Gasteiger partial charge in [-0.05, 0) is 18.2 Å². The Labute approximate surface area is 135 Å². The number of hydrogen-bond acceptors (Lipinski definition) is 5. The van der Waals surface area contributed by atoms with Crippen molar-refractivity contribution in [2.24, 2.45) is 0 Å². The van der Waals surface area contributed by atoms with Crippen molar-refractivity contribution in [3.8, 4) is 5.75 Å². The molecule has 2 aromatic rings. The minimum Gasteiger partial charge on any atom is -0.492 e. The number of pyridine rings is 1. The van der Waals surface area contributed by atoms with Gasteiger partial charge in [0.15, 0.2) is 0 Å². The molecule has 0 aliphatic carbocycles. The van der Waals surface area contributed by atoms with Crippen LogP contribution < -0.4 is 20.3 Å². The Hall–Kier alpha value is -2.60. The standard InChI is InChI=1S/C17H20N4O2/c1-21(2)15-9-5-8-14(19-15)20-17(22)16-12-6-3-4-7-13(12)23-11-10-18-16/h3-9,16,18H,10-11H2,1-2H3,(H,19,20,22). The topological polar surface area (TPSA) is 66.5 Å². The van der Waals surface area contributed by atoms with Gasteiger partial charge in [0.2, 0.25) is 5.91 Å². The molecule has 1 aromatic heterocycles. The number of fused-ring (bicyclic) bond motifs is 1. The molecule has 3 rings (SSSR count). The molecule has 1 aliphatic rings. The molecular formula is C17H20N4O2. The van der Waals surface area contributed by atoms with Gasteiger partial charge in [0.25, 0.3) is 0 Å². The van der Waals surface area contributed by atoms with Crippen LogP contribution in [0.15, 0.2) is 42.5 Å². The van der Waals surface area contributed by atoms with E-state index in [2.05, 4.69) is 15.6 Å². The van der Waals surface area contributed by atoms with E-state index in [1.165, 1.54) is 0 Å². The smallest absolute Gasteiger partial charge is 0.247 e. The molecule has 6 nitrogen and oxygen atoms in total. The normalized spacial score (nSPS) is 16.7. The zero-order chi connectivity index (χ0) is 16.2. The van der Waals surface area contributed by atoms with Gasteiger partial charge in [0, 0.05) is 26.2 Å². The van der Waals surface area contributed by atoms with E-state index in [-0.39, 0.29) is 5.91 Å². The molecule has 1 atom stereocenters. The van der Waals surface area contributed by atoms with Gasteiger partial charge >= 0.3 is 0 Å². The average Bonchev–Trinajstić information content (AvgIpc) is 2.77. The van der Waals surface area contributed by atoms with E-state index in [0.717, 1.165) is 17.1 Å². The Kier molecular flexibility index (Phi) is 4.43. The third kappa shape index (κ3) is 3.43. The molecule has 0 saturated heterocycles. The van der Waals surface area contributed by atoms with Crippen molar-refractivity contribution in [3.05, 3.63) is 48.0 Å². The van der Waals surface area contributed by atoms with Crippen LogP contribution in [-0.2, 0) is 4.79 Å². The highest BCUT2D eigenvalue weighted by atomic mass is 16.5. The summed E-state index contributed by atoms with van der Waals surface area (Å²) in [5, 5.41) is 6.10. The zero-order valence-electron chi connectivity index (χ0n) is 13.2. The van der Waals surface area contributed by atoms with E-state index in [9.17, 15) is 4.79 Å². The van der Waals surface area contributed by atoms with E-state index in [1.54, 1.807) is 6.07 Å². The molecule has 1 unspecified atom stereocenters. The fourth-order valence-corrected chi connectivity index (χ4v) is 2.50. The number of carbonyl (C=O) groups excluding carboxylic acids is 1. The van der Waals surface area contributed by atoms with Gasteiger partial charge in [-0.2, -0.15) is 0 Å².